The van der Waals surface area contributed by atoms with E-state index >= 15 is 0 Å². The maximum atomic E-state index is 5.77. The maximum absolute atomic E-state index is 5.77. The third-order valence-corrected chi connectivity index (χ3v) is 3.43. The van der Waals surface area contributed by atoms with Crippen molar-refractivity contribution in [1.29, 1.82) is 0 Å². The quantitative estimate of drug-likeness (QED) is 0.613. The van der Waals surface area contributed by atoms with Gasteiger partial charge in [-0.3, -0.25) is 4.90 Å². The van der Waals surface area contributed by atoms with Crippen molar-refractivity contribution >= 4 is 0 Å². The highest BCUT2D eigenvalue weighted by Gasteiger charge is 2.20. The summed E-state index contributed by atoms with van der Waals surface area (Å²) in [5.74, 6) is 0. The number of morpholine rings is 1. The van der Waals surface area contributed by atoms with Crippen molar-refractivity contribution in [3.63, 3.8) is 0 Å². The Balaban J connectivity index is 2.22. The van der Waals surface area contributed by atoms with Crippen molar-refractivity contribution in [2.24, 2.45) is 5.73 Å². The van der Waals surface area contributed by atoms with Crippen LogP contribution in [0.2, 0.25) is 0 Å². The second-order valence-electron chi connectivity index (χ2n) is 4.88. The second-order valence-corrected chi connectivity index (χ2v) is 4.88. The van der Waals surface area contributed by atoms with Gasteiger partial charge in [0.2, 0.25) is 0 Å². The number of methoxy groups -OCH3 is 1. The summed E-state index contributed by atoms with van der Waals surface area (Å²) in [6.45, 7) is 8.61. The Morgan fingerprint density at radius 3 is 3.06 bits per heavy atom. The molecule has 18 heavy (non-hydrogen) atoms. The van der Waals surface area contributed by atoms with Gasteiger partial charge in [-0.1, -0.05) is 6.92 Å². The summed E-state index contributed by atoms with van der Waals surface area (Å²) in [6.07, 6.45) is 2.40. The molecule has 1 aliphatic rings. The molecule has 0 amide bonds. The Kier molecular flexibility index (Phi) is 8.54. The van der Waals surface area contributed by atoms with Crippen LogP contribution in [0.5, 0.6) is 0 Å². The highest BCUT2D eigenvalue weighted by molar-refractivity contribution is 4.75. The zero-order valence-corrected chi connectivity index (χ0v) is 11.9. The summed E-state index contributed by atoms with van der Waals surface area (Å²) in [6, 6.07) is 0.388. The normalized spacial score (nSPS) is 23.2. The minimum atomic E-state index is 0.302. The topological polar surface area (TPSA) is 59.8 Å². The molecule has 0 radical (unpaired) electrons. The van der Waals surface area contributed by atoms with Gasteiger partial charge in [0, 0.05) is 32.8 Å². The minimum Gasteiger partial charge on any atom is -0.383 e. The number of hydrogen-bond acceptors (Lipinski definition) is 5. The van der Waals surface area contributed by atoms with E-state index in [1.165, 1.54) is 0 Å². The lowest BCUT2D eigenvalue weighted by Gasteiger charge is -2.33. The molecule has 5 nitrogen and oxygen atoms in total. The lowest BCUT2D eigenvalue weighted by atomic mass is 10.1. The van der Waals surface area contributed by atoms with Gasteiger partial charge >= 0.3 is 0 Å². The number of ether oxygens (including phenoxy) is 2. The molecular formula is C13H29N3O2. The predicted molar refractivity (Wildman–Crippen MR) is 73.8 cm³/mol. The van der Waals surface area contributed by atoms with Crippen molar-refractivity contribution in [1.82, 2.24) is 10.2 Å². The molecular weight excluding hydrogens is 230 g/mol. The van der Waals surface area contributed by atoms with E-state index in [9.17, 15) is 0 Å². The smallest absolute Gasteiger partial charge is 0.0826 e. The first kappa shape index (κ1) is 15.9. The Morgan fingerprint density at radius 1 is 1.56 bits per heavy atom. The summed E-state index contributed by atoms with van der Waals surface area (Å²) < 4.78 is 11.0. The molecule has 1 rings (SSSR count). The van der Waals surface area contributed by atoms with Gasteiger partial charge in [0.05, 0.1) is 19.3 Å². The molecule has 3 N–H and O–H groups in total. The molecule has 0 aromatic rings. The van der Waals surface area contributed by atoms with Gasteiger partial charge in [0.15, 0.2) is 0 Å². The molecule has 1 aliphatic heterocycles. The van der Waals surface area contributed by atoms with E-state index in [-0.39, 0.29) is 0 Å². The van der Waals surface area contributed by atoms with Crippen molar-refractivity contribution in [2.75, 3.05) is 53.0 Å². The maximum Gasteiger partial charge on any atom is 0.0826 e. The predicted octanol–water partition coefficient (Wildman–Crippen LogP) is 0.0506. The molecule has 2 atom stereocenters. The Morgan fingerprint density at radius 2 is 2.39 bits per heavy atom. The van der Waals surface area contributed by atoms with Crippen LogP contribution < -0.4 is 11.1 Å². The molecule has 108 valence electrons. The van der Waals surface area contributed by atoms with E-state index < -0.39 is 0 Å². The number of nitrogens with one attached hydrogen (secondary N) is 1. The van der Waals surface area contributed by atoms with E-state index in [0.717, 1.165) is 58.8 Å². The molecule has 0 spiro atoms. The van der Waals surface area contributed by atoms with Gasteiger partial charge < -0.3 is 20.5 Å². The molecule has 2 unspecified atom stereocenters. The fourth-order valence-electron chi connectivity index (χ4n) is 2.30. The van der Waals surface area contributed by atoms with Crippen LogP contribution in [0.1, 0.15) is 19.8 Å². The highest BCUT2D eigenvalue weighted by Crippen LogP contribution is 2.05. The molecule has 0 aromatic carbocycles. The van der Waals surface area contributed by atoms with E-state index in [4.69, 9.17) is 15.2 Å². The largest absolute Gasteiger partial charge is 0.383 e. The van der Waals surface area contributed by atoms with Gasteiger partial charge in [-0.05, 0) is 25.9 Å². The van der Waals surface area contributed by atoms with Crippen LogP contribution >= 0.6 is 0 Å². The van der Waals surface area contributed by atoms with Crippen LogP contribution in [0.25, 0.3) is 0 Å². The van der Waals surface area contributed by atoms with Crippen LogP contribution in [0, 0.1) is 0 Å². The number of rotatable bonds is 9. The Bertz CT molecular complexity index is 201. The van der Waals surface area contributed by atoms with E-state index in [0.29, 0.717) is 12.1 Å². The van der Waals surface area contributed by atoms with Gasteiger partial charge in [-0.15, -0.1) is 0 Å². The fraction of sp³-hybridized carbons (Fsp3) is 1.00. The van der Waals surface area contributed by atoms with Crippen molar-refractivity contribution < 1.29 is 9.47 Å². The van der Waals surface area contributed by atoms with Crippen LogP contribution in [0.4, 0.5) is 0 Å². The first-order valence-electron chi connectivity index (χ1n) is 7.06. The molecule has 1 saturated heterocycles. The Hall–Kier alpha value is -0.200. The summed E-state index contributed by atoms with van der Waals surface area (Å²) in [4.78, 5) is 2.43. The highest BCUT2D eigenvalue weighted by atomic mass is 16.5. The van der Waals surface area contributed by atoms with Crippen LogP contribution in [-0.4, -0.2) is 70.1 Å². The van der Waals surface area contributed by atoms with Gasteiger partial charge in [0.25, 0.3) is 0 Å². The first-order chi connectivity index (χ1) is 8.80. The summed E-state index contributed by atoms with van der Waals surface area (Å²) in [5.41, 5.74) is 5.55. The van der Waals surface area contributed by atoms with Crippen LogP contribution in [0.15, 0.2) is 0 Å². The molecule has 0 bridgehead atoms. The third-order valence-electron chi connectivity index (χ3n) is 3.43. The summed E-state index contributed by atoms with van der Waals surface area (Å²) >= 11 is 0. The van der Waals surface area contributed by atoms with Crippen molar-refractivity contribution in [2.45, 2.75) is 31.9 Å². The van der Waals surface area contributed by atoms with E-state index in [2.05, 4.69) is 17.1 Å². The molecule has 0 aliphatic carbocycles. The van der Waals surface area contributed by atoms with E-state index in [1.807, 2.05) is 0 Å². The number of hydrogen-bond donors (Lipinski definition) is 2. The lowest BCUT2D eigenvalue weighted by molar-refractivity contribution is -0.0275. The average Bonchev–Trinajstić information content (AvgIpc) is 2.42. The number of nitrogens with zero attached hydrogens (tertiary/aromatic N) is 1. The minimum absolute atomic E-state index is 0.302. The van der Waals surface area contributed by atoms with Gasteiger partial charge in [-0.2, -0.15) is 0 Å². The zero-order valence-electron chi connectivity index (χ0n) is 11.9. The number of likely N-dealkylation sites (N-methyl/N-ethyl adjacent to an activating group) is 1. The second kappa shape index (κ2) is 9.69. The first-order valence-corrected chi connectivity index (χ1v) is 7.06. The van der Waals surface area contributed by atoms with E-state index in [1.54, 1.807) is 7.11 Å². The van der Waals surface area contributed by atoms with Crippen LogP contribution in [0.3, 0.4) is 0 Å². The monoisotopic (exact) mass is 259 g/mol. The lowest BCUT2D eigenvalue weighted by Crippen LogP contribution is -2.48. The molecule has 0 aromatic heterocycles. The SMILES string of the molecule is CCN1CCOC(CNC(CCCN)COC)C1. The van der Waals surface area contributed by atoms with Crippen molar-refractivity contribution in [3.8, 4) is 0 Å². The van der Waals surface area contributed by atoms with Gasteiger partial charge in [0.1, 0.15) is 0 Å². The molecule has 1 heterocycles. The number of nitrogens with two attached hydrogens (primary N) is 1. The Labute approximate surface area is 111 Å². The molecule has 5 heteroatoms. The molecule has 1 fully saturated rings. The average molecular weight is 259 g/mol. The zero-order chi connectivity index (χ0) is 13.2. The van der Waals surface area contributed by atoms with Gasteiger partial charge in [-0.25, -0.2) is 0 Å². The summed E-state index contributed by atoms with van der Waals surface area (Å²) in [7, 11) is 1.74. The standard InChI is InChI=1S/C13H29N3O2/c1-3-16-7-8-18-13(10-16)9-15-12(11-17-2)5-4-6-14/h12-13,15H,3-11,14H2,1-2H3. The van der Waals surface area contributed by atoms with Crippen LogP contribution in [-0.2, 0) is 9.47 Å². The van der Waals surface area contributed by atoms with Crippen molar-refractivity contribution in [3.05, 3.63) is 0 Å². The summed E-state index contributed by atoms with van der Waals surface area (Å²) in [5, 5.41) is 3.54. The fourth-order valence-corrected chi connectivity index (χ4v) is 2.30. The third kappa shape index (κ3) is 6.11. The molecule has 0 saturated carbocycles.